The van der Waals surface area contributed by atoms with E-state index in [1.165, 1.54) is 16.9 Å². The lowest BCUT2D eigenvalue weighted by Gasteiger charge is -2.33. The second kappa shape index (κ2) is 5.98. The van der Waals surface area contributed by atoms with Gasteiger partial charge in [-0.15, -0.1) is 0 Å². The quantitative estimate of drug-likeness (QED) is 0.751. The largest absolute Gasteiger partial charge is 0.367 e. The SMILES string of the molecule is Cc1cc(C(C)C)c2c(n1)[C@@H](C)[C@@H](C)[C@@H](C)CN2C(C)C. The van der Waals surface area contributed by atoms with Gasteiger partial charge in [0.1, 0.15) is 0 Å². The van der Waals surface area contributed by atoms with Gasteiger partial charge in [-0.3, -0.25) is 4.98 Å². The Balaban J connectivity index is 2.71. The average molecular weight is 288 g/mol. The van der Waals surface area contributed by atoms with Crippen molar-refractivity contribution in [2.75, 3.05) is 11.4 Å². The van der Waals surface area contributed by atoms with Crippen molar-refractivity contribution >= 4 is 5.69 Å². The molecule has 2 nitrogen and oxygen atoms in total. The highest BCUT2D eigenvalue weighted by Gasteiger charge is 2.34. The van der Waals surface area contributed by atoms with Crippen molar-refractivity contribution in [2.45, 2.75) is 73.3 Å². The Morgan fingerprint density at radius 3 is 2.29 bits per heavy atom. The highest BCUT2D eigenvalue weighted by Crippen LogP contribution is 2.43. The highest BCUT2D eigenvalue weighted by molar-refractivity contribution is 5.61. The Hall–Kier alpha value is -1.05. The molecule has 2 heteroatoms. The zero-order chi connectivity index (χ0) is 15.9. The molecule has 118 valence electrons. The van der Waals surface area contributed by atoms with Crippen molar-refractivity contribution in [1.29, 1.82) is 0 Å². The van der Waals surface area contributed by atoms with Gasteiger partial charge in [-0.2, -0.15) is 0 Å². The maximum atomic E-state index is 4.97. The summed E-state index contributed by atoms with van der Waals surface area (Å²) in [7, 11) is 0. The maximum absolute atomic E-state index is 4.97. The molecule has 3 atom stereocenters. The summed E-state index contributed by atoms with van der Waals surface area (Å²) in [4.78, 5) is 7.57. The first kappa shape index (κ1) is 16.3. The van der Waals surface area contributed by atoms with Gasteiger partial charge in [0.2, 0.25) is 0 Å². The fraction of sp³-hybridized carbons (Fsp3) is 0.737. The number of aromatic nitrogens is 1. The van der Waals surface area contributed by atoms with Gasteiger partial charge in [0.25, 0.3) is 0 Å². The van der Waals surface area contributed by atoms with Crippen LogP contribution in [0.5, 0.6) is 0 Å². The van der Waals surface area contributed by atoms with E-state index in [0.29, 0.717) is 29.7 Å². The minimum atomic E-state index is 0.519. The summed E-state index contributed by atoms with van der Waals surface area (Å²) < 4.78 is 0. The van der Waals surface area contributed by atoms with Crippen molar-refractivity contribution in [2.24, 2.45) is 11.8 Å². The maximum Gasteiger partial charge on any atom is 0.0673 e. The van der Waals surface area contributed by atoms with E-state index in [0.717, 1.165) is 12.2 Å². The Labute approximate surface area is 131 Å². The zero-order valence-corrected chi connectivity index (χ0v) is 15.1. The van der Waals surface area contributed by atoms with E-state index >= 15 is 0 Å². The van der Waals surface area contributed by atoms with Crippen LogP contribution in [0.2, 0.25) is 0 Å². The molecule has 0 bridgehead atoms. The monoisotopic (exact) mass is 288 g/mol. The molecule has 0 amide bonds. The zero-order valence-electron chi connectivity index (χ0n) is 15.1. The van der Waals surface area contributed by atoms with Gasteiger partial charge in [0, 0.05) is 24.2 Å². The van der Waals surface area contributed by atoms with Gasteiger partial charge in [-0.1, -0.05) is 34.6 Å². The molecule has 2 heterocycles. The third kappa shape index (κ3) is 2.95. The van der Waals surface area contributed by atoms with Crippen LogP contribution in [-0.2, 0) is 0 Å². The average Bonchev–Trinajstić information content (AvgIpc) is 2.49. The molecule has 0 saturated carbocycles. The predicted molar refractivity (Wildman–Crippen MR) is 92.3 cm³/mol. The molecule has 0 aromatic carbocycles. The van der Waals surface area contributed by atoms with Crippen LogP contribution in [0.15, 0.2) is 6.07 Å². The summed E-state index contributed by atoms with van der Waals surface area (Å²) in [6.07, 6.45) is 0. The van der Waals surface area contributed by atoms with Gasteiger partial charge in [-0.25, -0.2) is 0 Å². The third-order valence-electron chi connectivity index (χ3n) is 5.31. The molecule has 0 unspecified atom stereocenters. The van der Waals surface area contributed by atoms with Crippen molar-refractivity contribution in [1.82, 2.24) is 4.98 Å². The molecule has 0 radical (unpaired) electrons. The molecule has 0 saturated heterocycles. The second-order valence-corrected chi connectivity index (χ2v) is 7.61. The summed E-state index contributed by atoms with van der Waals surface area (Å²) in [5, 5.41) is 0. The van der Waals surface area contributed by atoms with E-state index in [4.69, 9.17) is 4.98 Å². The van der Waals surface area contributed by atoms with Crippen molar-refractivity contribution in [3.05, 3.63) is 23.0 Å². The number of fused-ring (bicyclic) bond motifs is 1. The van der Waals surface area contributed by atoms with E-state index in [9.17, 15) is 0 Å². The summed E-state index contributed by atoms with van der Waals surface area (Å²) in [5.74, 6) is 2.42. The van der Waals surface area contributed by atoms with Crippen LogP contribution in [0.3, 0.4) is 0 Å². The number of aryl methyl sites for hydroxylation is 1. The van der Waals surface area contributed by atoms with Crippen LogP contribution >= 0.6 is 0 Å². The summed E-state index contributed by atoms with van der Waals surface area (Å²) in [6.45, 7) is 19.6. The molecule has 0 N–H and O–H groups in total. The molecular formula is C19H32N2. The lowest BCUT2D eigenvalue weighted by Crippen LogP contribution is -2.36. The van der Waals surface area contributed by atoms with Crippen molar-refractivity contribution < 1.29 is 0 Å². The van der Waals surface area contributed by atoms with Gasteiger partial charge in [0.15, 0.2) is 0 Å². The van der Waals surface area contributed by atoms with Gasteiger partial charge in [0.05, 0.1) is 11.4 Å². The highest BCUT2D eigenvalue weighted by atomic mass is 15.2. The van der Waals surface area contributed by atoms with Crippen molar-refractivity contribution in [3.8, 4) is 0 Å². The van der Waals surface area contributed by atoms with Crippen molar-refractivity contribution in [3.63, 3.8) is 0 Å². The fourth-order valence-corrected chi connectivity index (χ4v) is 3.57. The van der Waals surface area contributed by atoms with Gasteiger partial charge in [-0.05, 0) is 50.2 Å². The number of rotatable bonds is 2. The Kier molecular flexibility index (Phi) is 4.65. The summed E-state index contributed by atoms with van der Waals surface area (Å²) in [5.41, 5.74) is 5.38. The molecule has 1 aromatic rings. The molecule has 21 heavy (non-hydrogen) atoms. The smallest absolute Gasteiger partial charge is 0.0673 e. The van der Waals surface area contributed by atoms with E-state index in [1.54, 1.807) is 0 Å². The Morgan fingerprint density at radius 1 is 1.14 bits per heavy atom. The van der Waals surface area contributed by atoms with E-state index in [1.807, 2.05) is 0 Å². The third-order valence-corrected chi connectivity index (χ3v) is 5.31. The molecule has 1 aromatic heterocycles. The van der Waals surface area contributed by atoms with Crippen LogP contribution in [0.25, 0.3) is 0 Å². The molecule has 0 fully saturated rings. The molecule has 1 aliphatic rings. The number of nitrogens with zero attached hydrogens (tertiary/aromatic N) is 2. The van der Waals surface area contributed by atoms with Crippen LogP contribution in [0, 0.1) is 18.8 Å². The minimum absolute atomic E-state index is 0.519. The number of pyridine rings is 1. The summed E-state index contributed by atoms with van der Waals surface area (Å²) >= 11 is 0. The molecule has 1 aliphatic heterocycles. The Bertz CT molecular complexity index is 505. The van der Waals surface area contributed by atoms with Crippen LogP contribution in [0.1, 0.15) is 77.3 Å². The number of hydrogen-bond acceptors (Lipinski definition) is 2. The van der Waals surface area contributed by atoms with Crippen LogP contribution in [-0.4, -0.2) is 17.6 Å². The van der Waals surface area contributed by atoms with Crippen LogP contribution < -0.4 is 4.90 Å². The second-order valence-electron chi connectivity index (χ2n) is 7.61. The van der Waals surface area contributed by atoms with Crippen LogP contribution in [0.4, 0.5) is 5.69 Å². The fourth-order valence-electron chi connectivity index (χ4n) is 3.57. The number of hydrogen-bond donors (Lipinski definition) is 0. The summed E-state index contributed by atoms with van der Waals surface area (Å²) in [6, 6.07) is 2.82. The van der Waals surface area contributed by atoms with Gasteiger partial charge < -0.3 is 4.90 Å². The topological polar surface area (TPSA) is 16.1 Å². The minimum Gasteiger partial charge on any atom is -0.367 e. The first-order chi connectivity index (χ1) is 9.73. The normalized spacial score (nSPS) is 26.2. The predicted octanol–water partition coefficient (Wildman–Crippen LogP) is 5.12. The van der Waals surface area contributed by atoms with E-state index < -0.39 is 0 Å². The Morgan fingerprint density at radius 2 is 1.76 bits per heavy atom. The van der Waals surface area contributed by atoms with E-state index in [2.05, 4.69) is 66.4 Å². The lowest BCUT2D eigenvalue weighted by atomic mass is 9.83. The number of anilines is 1. The standard InChI is InChI=1S/C19H32N2/c1-11(2)17-9-14(6)20-18-16(8)15(7)13(5)10-21(12(3)4)19(17)18/h9,11-13,15-16H,10H2,1-8H3/t13-,15-,16-/m0/s1. The molecule has 0 aliphatic carbocycles. The molecular weight excluding hydrogens is 256 g/mol. The van der Waals surface area contributed by atoms with E-state index in [-0.39, 0.29) is 0 Å². The lowest BCUT2D eigenvalue weighted by molar-refractivity contribution is 0.343. The molecule has 0 spiro atoms. The molecule has 2 rings (SSSR count). The first-order valence-electron chi connectivity index (χ1n) is 8.52. The van der Waals surface area contributed by atoms with Gasteiger partial charge >= 0.3 is 0 Å². The first-order valence-corrected chi connectivity index (χ1v) is 8.52.